The van der Waals surface area contributed by atoms with E-state index in [0.717, 1.165) is 30.7 Å². The van der Waals surface area contributed by atoms with Crippen molar-refractivity contribution < 1.29 is 8.78 Å². The van der Waals surface area contributed by atoms with E-state index in [1.165, 1.54) is 38.2 Å². The van der Waals surface area contributed by atoms with Gasteiger partial charge in [-0.2, -0.15) is 0 Å². The molecule has 0 amide bonds. The van der Waals surface area contributed by atoms with Crippen LogP contribution in [0.4, 0.5) is 8.78 Å². The molecule has 1 fully saturated rings. The zero-order valence-electron chi connectivity index (χ0n) is 17.9. The Morgan fingerprint density at radius 2 is 1.76 bits per heavy atom. The lowest BCUT2D eigenvalue weighted by molar-refractivity contribution is 0.304. The number of aryl methyl sites for hydroxylation is 1. The Bertz CT molecular complexity index is 813. The monoisotopic (exact) mass is 396 g/mol. The Morgan fingerprint density at radius 3 is 2.41 bits per heavy atom. The van der Waals surface area contributed by atoms with Gasteiger partial charge in [0.2, 0.25) is 0 Å². The molecule has 0 bridgehead atoms. The molecular formula is C27H34F2. The molecule has 0 saturated heterocycles. The minimum atomic E-state index is -0.249. The number of unbranched alkanes of at least 4 members (excludes halogenated alkanes) is 1. The summed E-state index contributed by atoms with van der Waals surface area (Å²) in [5.74, 6) is 0.823. The fraction of sp³-hybridized carbons (Fsp3) is 0.481. The molecule has 2 heteroatoms. The fourth-order valence-corrected chi connectivity index (χ4v) is 4.62. The van der Waals surface area contributed by atoms with Gasteiger partial charge in [0.15, 0.2) is 0 Å². The van der Waals surface area contributed by atoms with Gasteiger partial charge in [-0.3, -0.25) is 0 Å². The third-order valence-corrected chi connectivity index (χ3v) is 6.46. The Labute approximate surface area is 175 Å². The second-order valence-corrected chi connectivity index (χ2v) is 8.51. The van der Waals surface area contributed by atoms with Crippen molar-refractivity contribution in [2.75, 3.05) is 0 Å². The maximum atomic E-state index is 14.9. The standard InChI is InChI=1S/C27H34F2/c1-3-5-7-9-22-14-15-24(19-26(22)28)25-17-16-23(18-27(25)29)21-12-10-20(11-13-21)8-6-4-2/h3,5,14-21H,4,6-13H2,1-2H3/b5-3+. The lowest BCUT2D eigenvalue weighted by Crippen LogP contribution is -2.13. The normalized spacial score (nSPS) is 19.7. The van der Waals surface area contributed by atoms with Crippen LogP contribution in [0.3, 0.4) is 0 Å². The van der Waals surface area contributed by atoms with Crippen molar-refractivity contribution in [1.82, 2.24) is 0 Å². The van der Waals surface area contributed by atoms with Gasteiger partial charge in [-0.15, -0.1) is 0 Å². The highest BCUT2D eigenvalue weighted by Crippen LogP contribution is 2.39. The lowest BCUT2D eigenvalue weighted by atomic mass is 9.77. The Kier molecular flexibility index (Phi) is 8.03. The second kappa shape index (κ2) is 10.7. The van der Waals surface area contributed by atoms with Crippen LogP contribution in [0, 0.1) is 17.6 Å². The van der Waals surface area contributed by atoms with E-state index in [-0.39, 0.29) is 11.6 Å². The summed E-state index contributed by atoms with van der Waals surface area (Å²) in [5.41, 5.74) is 2.89. The predicted octanol–water partition coefficient (Wildman–Crippen LogP) is 8.60. The predicted molar refractivity (Wildman–Crippen MR) is 119 cm³/mol. The maximum absolute atomic E-state index is 14.9. The molecule has 0 nitrogen and oxygen atoms in total. The molecule has 0 atom stereocenters. The molecule has 2 aromatic rings. The topological polar surface area (TPSA) is 0 Å². The van der Waals surface area contributed by atoms with Gasteiger partial charge < -0.3 is 0 Å². The molecule has 3 rings (SSSR count). The molecule has 2 aromatic carbocycles. The van der Waals surface area contributed by atoms with Crippen molar-refractivity contribution in [3.63, 3.8) is 0 Å². The number of benzene rings is 2. The molecule has 0 radical (unpaired) electrons. The van der Waals surface area contributed by atoms with Crippen LogP contribution in [0.5, 0.6) is 0 Å². The van der Waals surface area contributed by atoms with Gasteiger partial charge in [0.05, 0.1) is 0 Å². The Hall–Kier alpha value is -1.96. The van der Waals surface area contributed by atoms with Crippen LogP contribution >= 0.6 is 0 Å². The summed E-state index contributed by atoms with van der Waals surface area (Å²) in [6, 6.07) is 10.7. The van der Waals surface area contributed by atoms with Crippen molar-refractivity contribution in [1.29, 1.82) is 0 Å². The van der Waals surface area contributed by atoms with E-state index in [0.29, 0.717) is 29.0 Å². The van der Waals surface area contributed by atoms with Crippen LogP contribution in [-0.4, -0.2) is 0 Å². The molecule has 0 spiro atoms. The highest BCUT2D eigenvalue weighted by atomic mass is 19.1. The van der Waals surface area contributed by atoms with Crippen molar-refractivity contribution >= 4 is 0 Å². The van der Waals surface area contributed by atoms with E-state index in [1.807, 2.05) is 37.3 Å². The average Bonchev–Trinajstić information content (AvgIpc) is 2.74. The molecule has 0 aromatic heterocycles. The number of halogens is 2. The summed E-state index contributed by atoms with van der Waals surface area (Å²) in [6.45, 7) is 4.21. The third kappa shape index (κ3) is 5.78. The summed E-state index contributed by atoms with van der Waals surface area (Å²) in [5, 5.41) is 0. The van der Waals surface area contributed by atoms with Crippen molar-refractivity contribution in [3.8, 4) is 11.1 Å². The summed E-state index contributed by atoms with van der Waals surface area (Å²) in [4.78, 5) is 0. The van der Waals surface area contributed by atoms with Gasteiger partial charge >= 0.3 is 0 Å². The first-order valence-electron chi connectivity index (χ1n) is 11.3. The minimum absolute atomic E-state index is 0.239. The third-order valence-electron chi connectivity index (χ3n) is 6.46. The SMILES string of the molecule is C/C=C/CCc1ccc(-c2ccc(C3CCC(CCCC)CC3)cc2F)cc1F. The fourth-order valence-electron chi connectivity index (χ4n) is 4.62. The quantitative estimate of drug-likeness (QED) is 0.392. The largest absolute Gasteiger partial charge is 0.207 e. The van der Waals surface area contributed by atoms with Crippen LogP contribution in [0.2, 0.25) is 0 Å². The van der Waals surface area contributed by atoms with Crippen LogP contribution in [-0.2, 0) is 6.42 Å². The molecule has 0 aliphatic heterocycles. The molecule has 1 aliphatic rings. The summed E-state index contributed by atoms with van der Waals surface area (Å²) >= 11 is 0. The van der Waals surface area contributed by atoms with E-state index < -0.39 is 0 Å². The highest BCUT2D eigenvalue weighted by molar-refractivity contribution is 5.65. The van der Waals surface area contributed by atoms with Crippen LogP contribution in [0.25, 0.3) is 11.1 Å². The summed E-state index contributed by atoms with van der Waals surface area (Å²) < 4.78 is 29.3. The van der Waals surface area contributed by atoms with Crippen molar-refractivity contribution in [2.45, 2.75) is 77.6 Å². The summed E-state index contributed by atoms with van der Waals surface area (Å²) in [7, 11) is 0. The lowest BCUT2D eigenvalue weighted by Gasteiger charge is -2.29. The van der Waals surface area contributed by atoms with Crippen LogP contribution in [0.1, 0.15) is 82.3 Å². The average molecular weight is 397 g/mol. The van der Waals surface area contributed by atoms with E-state index >= 15 is 0 Å². The molecule has 1 saturated carbocycles. The number of hydrogen-bond acceptors (Lipinski definition) is 0. The Balaban J connectivity index is 1.68. The molecule has 1 aliphatic carbocycles. The first-order chi connectivity index (χ1) is 14.1. The van der Waals surface area contributed by atoms with Crippen LogP contribution in [0.15, 0.2) is 48.6 Å². The zero-order valence-corrected chi connectivity index (χ0v) is 17.9. The zero-order chi connectivity index (χ0) is 20.6. The van der Waals surface area contributed by atoms with Gasteiger partial charge in [-0.1, -0.05) is 62.6 Å². The van der Waals surface area contributed by atoms with Crippen LogP contribution < -0.4 is 0 Å². The van der Waals surface area contributed by atoms with E-state index in [4.69, 9.17) is 0 Å². The van der Waals surface area contributed by atoms with Crippen molar-refractivity contribution in [3.05, 3.63) is 71.3 Å². The van der Waals surface area contributed by atoms with E-state index in [9.17, 15) is 8.78 Å². The van der Waals surface area contributed by atoms with E-state index in [2.05, 4.69) is 6.92 Å². The van der Waals surface area contributed by atoms with Gasteiger partial charge in [-0.25, -0.2) is 8.78 Å². The van der Waals surface area contributed by atoms with E-state index in [1.54, 1.807) is 12.1 Å². The maximum Gasteiger partial charge on any atom is 0.131 e. The highest BCUT2D eigenvalue weighted by Gasteiger charge is 2.23. The number of allylic oxidation sites excluding steroid dienone is 2. The van der Waals surface area contributed by atoms with Gasteiger partial charge in [-0.05, 0) is 86.1 Å². The molecule has 0 unspecified atom stereocenters. The molecular weight excluding hydrogens is 362 g/mol. The smallest absolute Gasteiger partial charge is 0.131 e. The molecule has 0 heterocycles. The first kappa shape index (κ1) is 21.7. The number of hydrogen-bond donors (Lipinski definition) is 0. The second-order valence-electron chi connectivity index (χ2n) is 8.51. The van der Waals surface area contributed by atoms with Gasteiger partial charge in [0.25, 0.3) is 0 Å². The Morgan fingerprint density at radius 1 is 0.966 bits per heavy atom. The van der Waals surface area contributed by atoms with Gasteiger partial charge in [0, 0.05) is 5.56 Å². The van der Waals surface area contributed by atoms with Gasteiger partial charge in [0.1, 0.15) is 11.6 Å². The first-order valence-corrected chi connectivity index (χ1v) is 11.3. The molecule has 0 N–H and O–H groups in total. The number of rotatable bonds is 8. The van der Waals surface area contributed by atoms with Crippen molar-refractivity contribution in [2.24, 2.45) is 5.92 Å². The molecule has 156 valence electrons. The summed E-state index contributed by atoms with van der Waals surface area (Å²) in [6.07, 6.45) is 14.2. The minimum Gasteiger partial charge on any atom is -0.207 e. The molecule has 29 heavy (non-hydrogen) atoms.